The predicted molar refractivity (Wildman–Crippen MR) is 112 cm³/mol. The van der Waals surface area contributed by atoms with E-state index in [0.717, 1.165) is 26.1 Å². The van der Waals surface area contributed by atoms with Crippen LogP contribution in [0.2, 0.25) is 0 Å². The quantitative estimate of drug-likeness (QED) is 0.889. The molecule has 2 aliphatic heterocycles. The molecular weight excluding hydrogens is 348 g/mol. The first kappa shape index (κ1) is 19.2. The van der Waals surface area contributed by atoms with Gasteiger partial charge in [0.2, 0.25) is 5.91 Å². The number of carbonyl (C=O) groups is 1. The van der Waals surface area contributed by atoms with Gasteiger partial charge in [-0.1, -0.05) is 54.1 Å². The zero-order valence-corrected chi connectivity index (χ0v) is 16.9. The summed E-state index contributed by atoms with van der Waals surface area (Å²) >= 11 is 0. The molecule has 0 saturated carbocycles. The first-order valence-corrected chi connectivity index (χ1v) is 10.3. The molecule has 0 bridgehead atoms. The summed E-state index contributed by atoms with van der Waals surface area (Å²) < 4.78 is 0. The summed E-state index contributed by atoms with van der Waals surface area (Å²) in [4.78, 5) is 16.1. The van der Waals surface area contributed by atoms with E-state index in [9.17, 15) is 9.90 Å². The molecule has 0 unspecified atom stereocenters. The molecule has 4 nitrogen and oxygen atoms in total. The van der Waals surface area contributed by atoms with Crippen LogP contribution in [0.1, 0.15) is 30.9 Å². The molecule has 1 N–H and O–H groups in total. The normalized spacial score (nSPS) is 25.4. The Morgan fingerprint density at radius 3 is 2.54 bits per heavy atom. The molecule has 2 aromatic carbocycles. The van der Waals surface area contributed by atoms with E-state index in [2.05, 4.69) is 60.4 Å². The highest BCUT2D eigenvalue weighted by Crippen LogP contribution is 2.36. The van der Waals surface area contributed by atoms with Gasteiger partial charge in [-0.15, -0.1) is 0 Å². The highest BCUT2D eigenvalue weighted by atomic mass is 16.3. The van der Waals surface area contributed by atoms with Crippen LogP contribution in [-0.2, 0) is 11.3 Å². The summed E-state index contributed by atoms with van der Waals surface area (Å²) in [6.07, 6.45) is 1.50. The van der Waals surface area contributed by atoms with Gasteiger partial charge < -0.3 is 10.0 Å². The lowest BCUT2D eigenvalue weighted by Gasteiger charge is -2.50. The standard InChI is InChI=1S/C24H30N2O2/c1-18-4-3-5-22(14-18)21-8-6-20(7-9-21)15-25-12-10-24(28)11-13-26(19(2)27)17-23(24)16-25/h3-9,14,23,28H,10-13,15-17H2,1-2H3/t23-,24-/m1/s1. The van der Waals surface area contributed by atoms with Crippen LogP contribution in [-0.4, -0.2) is 52.6 Å². The van der Waals surface area contributed by atoms with Crippen LogP contribution in [0.4, 0.5) is 0 Å². The molecule has 2 aliphatic rings. The molecule has 2 fully saturated rings. The fourth-order valence-corrected chi connectivity index (χ4v) is 4.69. The second-order valence-electron chi connectivity index (χ2n) is 8.57. The van der Waals surface area contributed by atoms with E-state index < -0.39 is 5.60 Å². The number of hydrogen-bond donors (Lipinski definition) is 1. The van der Waals surface area contributed by atoms with E-state index >= 15 is 0 Å². The number of piperidine rings is 2. The molecular formula is C24H30N2O2. The average Bonchev–Trinajstić information content (AvgIpc) is 2.68. The van der Waals surface area contributed by atoms with Crippen molar-refractivity contribution in [3.8, 4) is 11.1 Å². The maximum Gasteiger partial charge on any atom is 0.219 e. The van der Waals surface area contributed by atoms with Crippen molar-refractivity contribution >= 4 is 5.91 Å². The van der Waals surface area contributed by atoms with Crippen LogP contribution in [0.3, 0.4) is 0 Å². The number of carbonyl (C=O) groups excluding carboxylic acids is 1. The maximum atomic E-state index is 11.8. The van der Waals surface area contributed by atoms with Gasteiger partial charge in [0.05, 0.1) is 5.60 Å². The number of nitrogens with zero attached hydrogens (tertiary/aromatic N) is 2. The minimum Gasteiger partial charge on any atom is -0.389 e. The molecule has 2 atom stereocenters. The number of likely N-dealkylation sites (tertiary alicyclic amines) is 2. The Labute approximate surface area is 167 Å². The number of aryl methyl sites for hydroxylation is 1. The molecule has 0 aromatic heterocycles. The first-order chi connectivity index (χ1) is 13.4. The molecule has 2 heterocycles. The van der Waals surface area contributed by atoms with Gasteiger partial charge in [-0.05, 0) is 36.5 Å². The monoisotopic (exact) mass is 378 g/mol. The van der Waals surface area contributed by atoms with Gasteiger partial charge in [-0.25, -0.2) is 0 Å². The molecule has 4 heteroatoms. The Bertz CT molecular complexity index is 848. The van der Waals surface area contributed by atoms with Gasteiger partial charge in [0.15, 0.2) is 0 Å². The van der Waals surface area contributed by atoms with E-state index in [-0.39, 0.29) is 11.8 Å². The van der Waals surface area contributed by atoms with Crippen LogP contribution in [0.25, 0.3) is 11.1 Å². The lowest BCUT2D eigenvalue weighted by Crippen LogP contribution is -2.60. The Kier molecular flexibility index (Phi) is 5.26. The largest absolute Gasteiger partial charge is 0.389 e. The Hall–Kier alpha value is -2.17. The van der Waals surface area contributed by atoms with Gasteiger partial charge in [0.25, 0.3) is 0 Å². The van der Waals surface area contributed by atoms with Crippen LogP contribution in [0.15, 0.2) is 48.5 Å². The third-order valence-corrected chi connectivity index (χ3v) is 6.51. The van der Waals surface area contributed by atoms with Gasteiger partial charge in [0, 0.05) is 45.6 Å². The SMILES string of the molecule is CC(=O)N1CC[C@]2(O)CCN(Cc3ccc(-c4cccc(C)c4)cc3)C[C@@H]2C1. The summed E-state index contributed by atoms with van der Waals surface area (Å²) in [5.41, 5.74) is 4.46. The summed E-state index contributed by atoms with van der Waals surface area (Å²) in [5, 5.41) is 11.0. The van der Waals surface area contributed by atoms with Gasteiger partial charge >= 0.3 is 0 Å². The minimum atomic E-state index is -0.600. The summed E-state index contributed by atoms with van der Waals surface area (Å²) in [5.74, 6) is 0.261. The van der Waals surface area contributed by atoms with E-state index in [4.69, 9.17) is 0 Å². The summed E-state index contributed by atoms with van der Waals surface area (Å²) in [6.45, 7) is 7.75. The smallest absolute Gasteiger partial charge is 0.219 e. The Balaban J connectivity index is 1.41. The van der Waals surface area contributed by atoms with E-state index in [1.165, 1.54) is 22.3 Å². The Morgan fingerprint density at radius 1 is 1.07 bits per heavy atom. The maximum absolute atomic E-state index is 11.8. The molecule has 28 heavy (non-hydrogen) atoms. The molecule has 2 saturated heterocycles. The highest BCUT2D eigenvalue weighted by Gasteiger charge is 2.45. The lowest BCUT2D eigenvalue weighted by molar-refractivity contribution is -0.145. The highest BCUT2D eigenvalue weighted by molar-refractivity contribution is 5.73. The topological polar surface area (TPSA) is 43.8 Å². The molecule has 0 aliphatic carbocycles. The summed E-state index contributed by atoms with van der Waals surface area (Å²) in [6, 6.07) is 17.4. The van der Waals surface area contributed by atoms with E-state index in [1.54, 1.807) is 6.92 Å². The van der Waals surface area contributed by atoms with Crippen LogP contribution in [0, 0.1) is 12.8 Å². The summed E-state index contributed by atoms with van der Waals surface area (Å²) in [7, 11) is 0. The van der Waals surface area contributed by atoms with Crippen molar-refractivity contribution in [2.24, 2.45) is 5.92 Å². The van der Waals surface area contributed by atoms with Crippen molar-refractivity contribution in [2.45, 2.75) is 38.8 Å². The number of fused-ring (bicyclic) bond motifs is 1. The van der Waals surface area contributed by atoms with Crippen LogP contribution in [0.5, 0.6) is 0 Å². The van der Waals surface area contributed by atoms with Crippen LogP contribution < -0.4 is 0 Å². The minimum absolute atomic E-state index is 0.117. The first-order valence-electron chi connectivity index (χ1n) is 10.3. The zero-order chi connectivity index (χ0) is 19.7. The fraction of sp³-hybridized carbons (Fsp3) is 0.458. The molecule has 1 amide bonds. The van der Waals surface area contributed by atoms with Gasteiger partial charge in [0.1, 0.15) is 0 Å². The number of benzene rings is 2. The number of aliphatic hydroxyl groups is 1. The zero-order valence-electron chi connectivity index (χ0n) is 16.9. The second kappa shape index (κ2) is 7.69. The third-order valence-electron chi connectivity index (χ3n) is 6.51. The van der Waals surface area contributed by atoms with Crippen molar-refractivity contribution in [3.63, 3.8) is 0 Å². The molecule has 2 aromatic rings. The van der Waals surface area contributed by atoms with Crippen molar-refractivity contribution in [1.82, 2.24) is 9.80 Å². The van der Waals surface area contributed by atoms with Gasteiger partial charge in [-0.2, -0.15) is 0 Å². The number of hydrogen-bond acceptors (Lipinski definition) is 3. The van der Waals surface area contributed by atoms with Crippen LogP contribution >= 0.6 is 0 Å². The molecule has 0 radical (unpaired) electrons. The third kappa shape index (κ3) is 3.98. The Morgan fingerprint density at radius 2 is 1.82 bits per heavy atom. The molecule has 0 spiro atoms. The van der Waals surface area contributed by atoms with Gasteiger partial charge in [-0.3, -0.25) is 9.69 Å². The number of rotatable bonds is 3. The molecule has 4 rings (SSSR count). The van der Waals surface area contributed by atoms with Crippen molar-refractivity contribution in [2.75, 3.05) is 26.2 Å². The van der Waals surface area contributed by atoms with E-state index in [0.29, 0.717) is 19.5 Å². The van der Waals surface area contributed by atoms with Crippen molar-refractivity contribution in [1.29, 1.82) is 0 Å². The fourth-order valence-electron chi connectivity index (χ4n) is 4.69. The van der Waals surface area contributed by atoms with Crippen molar-refractivity contribution < 1.29 is 9.90 Å². The van der Waals surface area contributed by atoms with Crippen molar-refractivity contribution in [3.05, 3.63) is 59.7 Å². The average molecular weight is 379 g/mol. The van der Waals surface area contributed by atoms with E-state index in [1.807, 2.05) is 4.90 Å². The number of amides is 1. The second-order valence-corrected chi connectivity index (χ2v) is 8.57. The predicted octanol–water partition coefficient (Wildman–Crippen LogP) is 3.47. The molecule has 148 valence electrons. The lowest BCUT2D eigenvalue weighted by atomic mass is 9.75.